The Bertz CT molecular complexity index is 483. The van der Waals surface area contributed by atoms with Crippen LogP contribution < -0.4 is 5.32 Å². The highest BCUT2D eigenvalue weighted by Crippen LogP contribution is 2.20. The second-order valence-electron chi connectivity index (χ2n) is 4.80. The summed E-state index contributed by atoms with van der Waals surface area (Å²) in [5.41, 5.74) is 0.689. The first-order valence-corrected chi connectivity index (χ1v) is 7.29. The highest BCUT2D eigenvalue weighted by Gasteiger charge is 2.26. The summed E-state index contributed by atoms with van der Waals surface area (Å²) in [6.45, 7) is 3.78. The van der Waals surface area contributed by atoms with Crippen molar-refractivity contribution in [3.63, 3.8) is 0 Å². The van der Waals surface area contributed by atoms with Crippen LogP contribution in [0.15, 0.2) is 0 Å². The van der Waals surface area contributed by atoms with E-state index in [2.05, 4.69) is 19.6 Å². The number of carbonyl (C=O) groups is 2. The topological polar surface area (TPSA) is 84.4 Å². The maximum atomic E-state index is 12.3. The number of piperidine rings is 1. The van der Waals surface area contributed by atoms with Crippen molar-refractivity contribution in [2.75, 3.05) is 26.7 Å². The number of amides is 2. The third-order valence-electron chi connectivity index (χ3n) is 3.47. The number of methoxy groups -OCH3 is 1. The molecule has 1 saturated heterocycles. The molecule has 0 saturated carbocycles. The normalized spacial score (nSPS) is 16.0. The van der Waals surface area contributed by atoms with Crippen LogP contribution in [0.4, 0.5) is 4.79 Å². The molecule has 1 aromatic heterocycles. The molecule has 0 unspecified atom stereocenters. The van der Waals surface area contributed by atoms with Gasteiger partial charge < -0.3 is 15.0 Å². The Hall–Kier alpha value is -1.70. The molecule has 7 nitrogen and oxygen atoms in total. The van der Waals surface area contributed by atoms with Crippen LogP contribution in [0.1, 0.15) is 28.2 Å². The van der Waals surface area contributed by atoms with Gasteiger partial charge in [0.25, 0.3) is 5.91 Å². The summed E-state index contributed by atoms with van der Waals surface area (Å²) in [5.74, 6) is 0.399. The van der Waals surface area contributed by atoms with Gasteiger partial charge in [0, 0.05) is 19.6 Å². The standard InChI is InChI=1S/C12H18N4O3S/c1-8-10(20-15-14-8)11(17)16-5-3-9(4-6-16)7-13-12(18)19-2/h9H,3-7H2,1-2H3,(H,13,18). The van der Waals surface area contributed by atoms with Crippen molar-refractivity contribution >= 4 is 23.5 Å². The molecule has 0 atom stereocenters. The molecular weight excluding hydrogens is 280 g/mol. The Kier molecular flexibility index (Phi) is 4.89. The first kappa shape index (κ1) is 14.7. The minimum absolute atomic E-state index is 0.0110. The van der Waals surface area contributed by atoms with Crippen molar-refractivity contribution < 1.29 is 14.3 Å². The van der Waals surface area contributed by atoms with Gasteiger partial charge in [0.05, 0.1) is 12.8 Å². The highest BCUT2D eigenvalue weighted by atomic mass is 32.1. The lowest BCUT2D eigenvalue weighted by Gasteiger charge is -2.31. The zero-order chi connectivity index (χ0) is 14.5. The first-order valence-electron chi connectivity index (χ1n) is 6.52. The van der Waals surface area contributed by atoms with E-state index in [1.165, 1.54) is 7.11 Å². The van der Waals surface area contributed by atoms with Gasteiger partial charge in [-0.15, -0.1) is 5.10 Å². The van der Waals surface area contributed by atoms with Gasteiger partial charge in [-0.05, 0) is 37.2 Å². The number of alkyl carbamates (subject to hydrolysis) is 1. The van der Waals surface area contributed by atoms with Gasteiger partial charge >= 0.3 is 6.09 Å². The molecule has 0 aromatic carbocycles. The van der Waals surface area contributed by atoms with Gasteiger partial charge in [-0.25, -0.2) is 4.79 Å². The minimum atomic E-state index is -0.408. The van der Waals surface area contributed by atoms with Crippen molar-refractivity contribution in [3.05, 3.63) is 10.6 Å². The zero-order valence-electron chi connectivity index (χ0n) is 11.6. The van der Waals surface area contributed by atoms with E-state index >= 15 is 0 Å². The molecule has 2 rings (SSSR count). The number of ether oxygens (including phenoxy) is 1. The van der Waals surface area contributed by atoms with E-state index in [0.29, 0.717) is 36.1 Å². The van der Waals surface area contributed by atoms with E-state index in [-0.39, 0.29) is 5.91 Å². The van der Waals surface area contributed by atoms with Gasteiger partial charge in [0.15, 0.2) is 0 Å². The number of hydrogen-bond acceptors (Lipinski definition) is 6. The molecule has 20 heavy (non-hydrogen) atoms. The third kappa shape index (κ3) is 3.44. The number of aryl methyl sites for hydroxylation is 1. The lowest BCUT2D eigenvalue weighted by Crippen LogP contribution is -2.41. The van der Waals surface area contributed by atoms with E-state index in [1.54, 1.807) is 6.92 Å². The number of rotatable bonds is 3. The molecule has 2 amide bonds. The van der Waals surface area contributed by atoms with Crippen molar-refractivity contribution in [2.45, 2.75) is 19.8 Å². The summed E-state index contributed by atoms with van der Waals surface area (Å²) in [6, 6.07) is 0. The predicted octanol–water partition coefficient (Wildman–Crippen LogP) is 1.05. The Labute approximate surface area is 121 Å². The monoisotopic (exact) mass is 298 g/mol. The molecule has 1 aliphatic heterocycles. The lowest BCUT2D eigenvalue weighted by molar-refractivity contribution is 0.0692. The van der Waals surface area contributed by atoms with E-state index in [9.17, 15) is 9.59 Å². The molecule has 1 aromatic rings. The number of hydrogen-bond donors (Lipinski definition) is 1. The number of nitrogens with one attached hydrogen (secondary N) is 1. The number of nitrogens with zero attached hydrogens (tertiary/aromatic N) is 3. The van der Waals surface area contributed by atoms with Crippen LogP contribution in [0.2, 0.25) is 0 Å². The van der Waals surface area contributed by atoms with Gasteiger partial charge in [-0.3, -0.25) is 4.79 Å². The number of likely N-dealkylation sites (tertiary alicyclic amines) is 1. The minimum Gasteiger partial charge on any atom is -0.453 e. The average molecular weight is 298 g/mol. The Morgan fingerprint density at radius 2 is 2.15 bits per heavy atom. The molecule has 0 bridgehead atoms. The third-order valence-corrected chi connectivity index (χ3v) is 4.28. The fraction of sp³-hybridized carbons (Fsp3) is 0.667. The van der Waals surface area contributed by atoms with Gasteiger partial charge in [0.1, 0.15) is 4.88 Å². The smallest absolute Gasteiger partial charge is 0.406 e. The average Bonchev–Trinajstić information content (AvgIpc) is 2.90. The molecule has 1 N–H and O–H groups in total. The lowest BCUT2D eigenvalue weighted by atomic mass is 9.96. The Balaban J connectivity index is 1.81. The SMILES string of the molecule is COC(=O)NCC1CCN(C(=O)c2snnc2C)CC1. The molecule has 0 spiro atoms. The molecule has 1 aliphatic rings. The zero-order valence-corrected chi connectivity index (χ0v) is 12.4. The van der Waals surface area contributed by atoms with Crippen LogP contribution in [0.25, 0.3) is 0 Å². The van der Waals surface area contributed by atoms with Crippen molar-refractivity contribution in [1.82, 2.24) is 19.8 Å². The van der Waals surface area contributed by atoms with Crippen molar-refractivity contribution in [2.24, 2.45) is 5.92 Å². The fourth-order valence-electron chi connectivity index (χ4n) is 2.21. The molecule has 0 aliphatic carbocycles. The molecule has 110 valence electrons. The first-order chi connectivity index (χ1) is 9.61. The fourth-order valence-corrected chi connectivity index (χ4v) is 2.84. The van der Waals surface area contributed by atoms with Crippen LogP contribution in [0, 0.1) is 12.8 Å². The Morgan fingerprint density at radius 3 is 2.70 bits per heavy atom. The largest absolute Gasteiger partial charge is 0.453 e. The number of aromatic nitrogens is 2. The highest BCUT2D eigenvalue weighted by molar-refractivity contribution is 7.07. The van der Waals surface area contributed by atoms with Gasteiger partial charge in [0.2, 0.25) is 0 Å². The summed E-state index contributed by atoms with van der Waals surface area (Å²) >= 11 is 1.14. The summed E-state index contributed by atoms with van der Waals surface area (Å²) in [6.07, 6.45) is 1.34. The number of carbonyl (C=O) groups excluding carboxylic acids is 2. The molecule has 8 heteroatoms. The molecule has 0 radical (unpaired) electrons. The van der Waals surface area contributed by atoms with Crippen LogP contribution in [-0.4, -0.2) is 53.2 Å². The van der Waals surface area contributed by atoms with Crippen LogP contribution in [-0.2, 0) is 4.74 Å². The van der Waals surface area contributed by atoms with Crippen LogP contribution in [0.5, 0.6) is 0 Å². The van der Waals surface area contributed by atoms with E-state index in [1.807, 2.05) is 4.90 Å². The van der Waals surface area contributed by atoms with Gasteiger partial charge in [-0.2, -0.15) is 0 Å². The quantitative estimate of drug-likeness (QED) is 0.902. The van der Waals surface area contributed by atoms with E-state index in [0.717, 1.165) is 24.4 Å². The molecular formula is C12H18N4O3S. The van der Waals surface area contributed by atoms with Crippen LogP contribution >= 0.6 is 11.5 Å². The summed E-state index contributed by atoms with van der Waals surface area (Å²) in [4.78, 5) is 25.7. The second kappa shape index (κ2) is 6.65. The summed E-state index contributed by atoms with van der Waals surface area (Å²) in [5, 5.41) is 6.57. The maximum absolute atomic E-state index is 12.3. The summed E-state index contributed by atoms with van der Waals surface area (Å²) in [7, 11) is 1.35. The Morgan fingerprint density at radius 1 is 1.45 bits per heavy atom. The molecule has 2 heterocycles. The van der Waals surface area contributed by atoms with Crippen LogP contribution in [0.3, 0.4) is 0 Å². The maximum Gasteiger partial charge on any atom is 0.406 e. The van der Waals surface area contributed by atoms with Crippen molar-refractivity contribution in [3.8, 4) is 0 Å². The van der Waals surface area contributed by atoms with E-state index < -0.39 is 6.09 Å². The molecule has 1 fully saturated rings. The predicted molar refractivity (Wildman–Crippen MR) is 73.7 cm³/mol. The van der Waals surface area contributed by atoms with Crippen molar-refractivity contribution in [1.29, 1.82) is 0 Å². The van der Waals surface area contributed by atoms with Gasteiger partial charge in [-0.1, -0.05) is 4.49 Å². The summed E-state index contributed by atoms with van der Waals surface area (Å²) < 4.78 is 8.33. The van der Waals surface area contributed by atoms with E-state index in [4.69, 9.17) is 0 Å². The second-order valence-corrected chi connectivity index (χ2v) is 5.55.